The largest absolute Gasteiger partial charge is 0.302 e. The molecule has 0 aliphatic carbocycles. The third kappa shape index (κ3) is 1.73. The Bertz CT molecular complexity index is 865. The average molecular weight is 270 g/mol. The summed E-state index contributed by atoms with van der Waals surface area (Å²) in [5, 5.41) is 8.25. The fourth-order valence-corrected chi connectivity index (χ4v) is 2.35. The molecule has 1 aromatic carbocycles. The third-order valence-electron chi connectivity index (χ3n) is 3.30. The Labute approximate surface area is 114 Å². The van der Waals surface area contributed by atoms with E-state index in [2.05, 4.69) is 15.3 Å². The number of aromatic amines is 3. The highest BCUT2D eigenvalue weighted by molar-refractivity contribution is 5.66. The van der Waals surface area contributed by atoms with Gasteiger partial charge in [-0.1, -0.05) is 18.2 Å². The maximum atomic E-state index is 12.6. The lowest BCUT2D eigenvalue weighted by Gasteiger charge is -1.99. The van der Waals surface area contributed by atoms with Gasteiger partial charge in [0.2, 0.25) is 0 Å². The van der Waals surface area contributed by atoms with E-state index < -0.39 is 0 Å². The molecular weight excluding hydrogens is 256 g/mol. The van der Waals surface area contributed by atoms with Crippen molar-refractivity contribution in [1.29, 1.82) is 0 Å². The summed E-state index contributed by atoms with van der Waals surface area (Å²) < 4.78 is 1.44. The van der Waals surface area contributed by atoms with Gasteiger partial charge in [-0.15, -0.1) is 0 Å². The quantitative estimate of drug-likeness (QED) is 0.658. The molecule has 3 N–H and O–H groups in total. The van der Waals surface area contributed by atoms with Gasteiger partial charge in [-0.25, -0.2) is 4.68 Å². The van der Waals surface area contributed by atoms with E-state index in [4.69, 9.17) is 0 Å². The Hall–Kier alpha value is -2.76. The molecule has 0 aliphatic rings. The van der Waals surface area contributed by atoms with Crippen LogP contribution in [0.1, 0.15) is 11.4 Å². The Morgan fingerprint density at radius 3 is 2.20 bits per heavy atom. The van der Waals surface area contributed by atoms with Gasteiger partial charge in [0.25, 0.3) is 11.1 Å². The van der Waals surface area contributed by atoms with Crippen molar-refractivity contribution >= 4 is 0 Å². The van der Waals surface area contributed by atoms with Crippen LogP contribution in [0.2, 0.25) is 0 Å². The van der Waals surface area contributed by atoms with Crippen molar-refractivity contribution < 1.29 is 0 Å². The van der Waals surface area contributed by atoms with Gasteiger partial charge in [0.15, 0.2) is 0 Å². The van der Waals surface area contributed by atoms with Crippen molar-refractivity contribution in [2.24, 2.45) is 0 Å². The molecule has 0 saturated heterocycles. The van der Waals surface area contributed by atoms with Crippen LogP contribution < -0.4 is 11.1 Å². The summed E-state index contributed by atoms with van der Waals surface area (Å²) in [7, 11) is 0. The number of para-hydroxylation sites is 1. The highest BCUT2D eigenvalue weighted by atomic mass is 16.1. The maximum Gasteiger partial charge on any atom is 0.279 e. The molecule has 0 saturated carbocycles. The summed E-state index contributed by atoms with van der Waals surface area (Å²) in [4.78, 5) is 24.4. The fourth-order valence-electron chi connectivity index (χ4n) is 2.35. The predicted molar refractivity (Wildman–Crippen MR) is 76.3 cm³/mol. The van der Waals surface area contributed by atoms with E-state index in [0.717, 1.165) is 5.69 Å². The molecule has 0 radical (unpaired) electrons. The topological polar surface area (TPSA) is 86.4 Å². The highest BCUT2D eigenvalue weighted by Crippen LogP contribution is 2.18. The predicted octanol–water partition coefficient (Wildman–Crippen LogP) is 1.47. The molecule has 6 nitrogen and oxygen atoms in total. The second-order valence-corrected chi connectivity index (χ2v) is 4.67. The molecule has 0 fully saturated rings. The first-order valence-electron chi connectivity index (χ1n) is 6.24. The number of hydrogen-bond donors (Lipinski definition) is 3. The highest BCUT2D eigenvalue weighted by Gasteiger charge is 2.19. The summed E-state index contributed by atoms with van der Waals surface area (Å²) >= 11 is 0. The zero-order valence-corrected chi connectivity index (χ0v) is 11.2. The van der Waals surface area contributed by atoms with Crippen LogP contribution in [0.25, 0.3) is 16.8 Å². The van der Waals surface area contributed by atoms with Gasteiger partial charge in [-0.3, -0.25) is 19.8 Å². The molecule has 0 unspecified atom stereocenters. The number of hydrogen-bond acceptors (Lipinski definition) is 2. The summed E-state index contributed by atoms with van der Waals surface area (Å²) in [5.74, 6) is 0. The lowest BCUT2D eigenvalue weighted by atomic mass is 10.1. The molecule has 2 heterocycles. The number of H-pyrrole nitrogens is 3. The van der Waals surface area contributed by atoms with E-state index in [0.29, 0.717) is 22.5 Å². The lowest BCUT2D eigenvalue weighted by Crippen LogP contribution is -2.17. The standard InChI is InChI=1S/C14H14N4O2/c1-8-11(13(19)16-15-8)12-9(2)17-18(14(12)20)10-6-4-3-5-7-10/h3-7,17H,1-2H3,(H2,15,16,19). The zero-order valence-electron chi connectivity index (χ0n) is 11.2. The Morgan fingerprint density at radius 1 is 0.900 bits per heavy atom. The Kier molecular flexibility index (Phi) is 2.71. The van der Waals surface area contributed by atoms with Crippen LogP contribution in [-0.2, 0) is 0 Å². The van der Waals surface area contributed by atoms with Crippen molar-refractivity contribution in [3.63, 3.8) is 0 Å². The number of benzene rings is 1. The first-order valence-corrected chi connectivity index (χ1v) is 6.24. The van der Waals surface area contributed by atoms with Crippen molar-refractivity contribution in [3.05, 3.63) is 62.4 Å². The maximum absolute atomic E-state index is 12.6. The molecule has 0 aliphatic heterocycles. The Morgan fingerprint density at radius 2 is 1.60 bits per heavy atom. The Balaban J connectivity index is 2.29. The number of rotatable bonds is 2. The molecule has 20 heavy (non-hydrogen) atoms. The van der Waals surface area contributed by atoms with Crippen molar-refractivity contribution in [1.82, 2.24) is 20.0 Å². The normalized spacial score (nSPS) is 10.9. The number of aromatic nitrogens is 4. The van der Waals surface area contributed by atoms with Gasteiger partial charge >= 0.3 is 0 Å². The summed E-state index contributed by atoms with van der Waals surface area (Å²) in [6, 6.07) is 9.24. The van der Waals surface area contributed by atoms with Crippen molar-refractivity contribution in [3.8, 4) is 16.8 Å². The van der Waals surface area contributed by atoms with Gasteiger partial charge in [-0.2, -0.15) is 0 Å². The summed E-state index contributed by atoms with van der Waals surface area (Å²) in [6.45, 7) is 3.54. The molecule has 102 valence electrons. The average Bonchev–Trinajstić information content (AvgIpc) is 2.92. The zero-order chi connectivity index (χ0) is 14.3. The molecule has 0 spiro atoms. The molecule has 3 rings (SSSR count). The second-order valence-electron chi connectivity index (χ2n) is 4.67. The van der Waals surface area contributed by atoms with Crippen LogP contribution in [0.4, 0.5) is 0 Å². The minimum atomic E-state index is -0.290. The van der Waals surface area contributed by atoms with Gasteiger partial charge < -0.3 is 5.10 Å². The molecule has 0 atom stereocenters. The van der Waals surface area contributed by atoms with Gasteiger partial charge in [0.1, 0.15) is 0 Å². The summed E-state index contributed by atoms with van der Waals surface area (Å²) in [6.07, 6.45) is 0. The SMILES string of the molecule is Cc1[nH][nH]c(=O)c1-c1c(C)[nH]n(-c2ccccc2)c1=O. The molecule has 2 aromatic heterocycles. The van der Waals surface area contributed by atoms with Crippen LogP contribution in [0.3, 0.4) is 0 Å². The smallest absolute Gasteiger partial charge is 0.279 e. The number of nitrogens with zero attached hydrogens (tertiary/aromatic N) is 1. The summed E-state index contributed by atoms with van der Waals surface area (Å²) in [5.41, 5.74) is 2.30. The van der Waals surface area contributed by atoms with Crippen LogP contribution in [0, 0.1) is 13.8 Å². The lowest BCUT2D eigenvalue weighted by molar-refractivity contribution is 0.835. The van der Waals surface area contributed by atoms with Crippen LogP contribution in [0.15, 0.2) is 39.9 Å². The second kappa shape index (κ2) is 4.41. The fraction of sp³-hybridized carbons (Fsp3) is 0.143. The first-order chi connectivity index (χ1) is 9.59. The molecule has 0 amide bonds. The van der Waals surface area contributed by atoms with Crippen molar-refractivity contribution in [2.75, 3.05) is 0 Å². The molecular formula is C14H14N4O2. The van der Waals surface area contributed by atoms with Crippen LogP contribution in [0.5, 0.6) is 0 Å². The minimum Gasteiger partial charge on any atom is -0.302 e. The third-order valence-corrected chi connectivity index (χ3v) is 3.30. The van der Waals surface area contributed by atoms with E-state index in [1.807, 2.05) is 30.3 Å². The van der Waals surface area contributed by atoms with Gasteiger partial charge in [-0.05, 0) is 26.0 Å². The van der Waals surface area contributed by atoms with Crippen LogP contribution >= 0.6 is 0 Å². The van der Waals surface area contributed by atoms with E-state index in [1.165, 1.54) is 4.68 Å². The molecule has 6 heteroatoms. The monoisotopic (exact) mass is 270 g/mol. The minimum absolute atomic E-state index is 0.234. The van der Waals surface area contributed by atoms with Crippen molar-refractivity contribution in [2.45, 2.75) is 13.8 Å². The van der Waals surface area contributed by atoms with E-state index in [1.54, 1.807) is 13.8 Å². The van der Waals surface area contributed by atoms with E-state index in [-0.39, 0.29) is 11.1 Å². The molecule has 3 aromatic rings. The van der Waals surface area contributed by atoms with Gasteiger partial charge in [0, 0.05) is 11.4 Å². The number of nitrogens with one attached hydrogen (secondary N) is 3. The van der Waals surface area contributed by atoms with E-state index >= 15 is 0 Å². The first kappa shape index (κ1) is 12.3. The van der Waals surface area contributed by atoms with E-state index in [9.17, 15) is 9.59 Å². The number of aryl methyl sites for hydroxylation is 2. The van der Waals surface area contributed by atoms with Gasteiger partial charge in [0.05, 0.1) is 16.8 Å². The van der Waals surface area contributed by atoms with Crippen LogP contribution in [-0.4, -0.2) is 20.0 Å². The molecule has 0 bridgehead atoms.